The molecular weight excluding hydrogens is 560 g/mol. The minimum absolute atomic E-state index is 0. The molecule has 216 valence electrons. The average Bonchev–Trinajstić information content (AvgIpc) is 3.32. The number of Topliss-reactive ketones (excluding diaryl/α,β-unsaturated/α-hetero) is 1. The molecule has 0 bridgehead atoms. The molecule has 1 heterocycles. The molecule has 2 aromatic carbocycles. The summed E-state index contributed by atoms with van der Waals surface area (Å²) in [5.74, 6) is -1.13. The van der Waals surface area contributed by atoms with Gasteiger partial charge in [0.2, 0.25) is 5.16 Å². The number of aliphatic carboxylic acids is 1. The van der Waals surface area contributed by atoms with Gasteiger partial charge in [0, 0.05) is 31.1 Å². The highest BCUT2D eigenvalue weighted by molar-refractivity contribution is 7.99. The van der Waals surface area contributed by atoms with Crippen LogP contribution in [0.15, 0.2) is 46.5 Å². The Balaban J connectivity index is 0.00000560. The summed E-state index contributed by atoms with van der Waals surface area (Å²) < 4.78 is 10.3. The maximum absolute atomic E-state index is 12.8. The Morgan fingerprint density at radius 3 is 2.35 bits per heavy atom. The van der Waals surface area contributed by atoms with Gasteiger partial charge in [-0.3, -0.25) is 9.59 Å². The van der Waals surface area contributed by atoms with Crippen LogP contribution in [0.4, 0.5) is 10.5 Å². The van der Waals surface area contributed by atoms with E-state index in [1.807, 2.05) is 45.0 Å². The highest BCUT2D eigenvalue weighted by atomic mass is 35.5. The Hall–Kier alpha value is -3.84. The number of tetrazole rings is 1. The SMILES string of the molecule is COc1ccc(CCOC(=O)NC(CC(=O)O)C(=O)Cn2nnc(Sc3c(C)cc(N(C)C)cc3C)n2)cc1.Cl. The molecule has 40 heavy (non-hydrogen) atoms. The summed E-state index contributed by atoms with van der Waals surface area (Å²) in [5.41, 5.74) is 4.10. The number of methoxy groups -OCH3 is 1. The number of hydrogen-bond acceptors (Lipinski definition) is 10. The number of carbonyl (C=O) groups is 3. The molecule has 0 radical (unpaired) electrons. The lowest BCUT2D eigenvalue weighted by Crippen LogP contribution is -2.44. The fourth-order valence-corrected chi connectivity index (χ4v) is 4.52. The van der Waals surface area contributed by atoms with Crippen molar-refractivity contribution in [1.82, 2.24) is 25.5 Å². The lowest BCUT2D eigenvalue weighted by molar-refractivity contribution is -0.139. The number of anilines is 1. The highest BCUT2D eigenvalue weighted by Crippen LogP contribution is 2.33. The Kier molecular flexibility index (Phi) is 12.2. The molecular formula is C26H33ClN6O6S. The second kappa shape index (κ2) is 15.1. The molecule has 14 heteroatoms. The number of ether oxygens (including phenoxy) is 2. The maximum atomic E-state index is 12.8. The zero-order chi connectivity index (χ0) is 28.5. The van der Waals surface area contributed by atoms with Crippen molar-refractivity contribution in [3.63, 3.8) is 0 Å². The predicted octanol–water partition coefficient (Wildman–Crippen LogP) is 3.32. The van der Waals surface area contributed by atoms with E-state index in [9.17, 15) is 19.5 Å². The molecule has 1 amide bonds. The summed E-state index contributed by atoms with van der Waals surface area (Å²) in [7, 11) is 5.51. The van der Waals surface area contributed by atoms with E-state index in [-0.39, 0.29) is 25.6 Å². The van der Waals surface area contributed by atoms with Gasteiger partial charge < -0.3 is 24.8 Å². The van der Waals surface area contributed by atoms with Crippen molar-refractivity contribution in [1.29, 1.82) is 0 Å². The molecule has 0 aliphatic carbocycles. The van der Waals surface area contributed by atoms with E-state index >= 15 is 0 Å². The third kappa shape index (κ3) is 9.42. The summed E-state index contributed by atoms with van der Waals surface area (Å²) >= 11 is 1.32. The number of benzene rings is 2. The van der Waals surface area contributed by atoms with Crippen LogP contribution in [0.1, 0.15) is 23.1 Å². The minimum atomic E-state index is -1.32. The van der Waals surface area contributed by atoms with E-state index in [0.29, 0.717) is 17.3 Å². The fraction of sp³-hybridized carbons (Fsp3) is 0.385. The molecule has 3 rings (SSSR count). The Bertz CT molecular complexity index is 1290. The first-order valence-electron chi connectivity index (χ1n) is 12.1. The number of ketones is 1. The number of carbonyl (C=O) groups excluding carboxylic acids is 2. The number of amides is 1. The zero-order valence-electron chi connectivity index (χ0n) is 22.9. The number of nitrogens with zero attached hydrogens (tertiary/aromatic N) is 5. The zero-order valence-corrected chi connectivity index (χ0v) is 24.5. The van der Waals surface area contributed by atoms with Gasteiger partial charge in [-0.2, -0.15) is 4.80 Å². The van der Waals surface area contributed by atoms with E-state index in [4.69, 9.17) is 9.47 Å². The van der Waals surface area contributed by atoms with E-state index in [2.05, 4.69) is 32.9 Å². The summed E-state index contributed by atoms with van der Waals surface area (Å²) in [4.78, 5) is 40.5. The van der Waals surface area contributed by atoms with Crippen LogP contribution in [-0.2, 0) is 27.3 Å². The van der Waals surface area contributed by atoms with Crippen LogP contribution in [0.2, 0.25) is 0 Å². The smallest absolute Gasteiger partial charge is 0.407 e. The van der Waals surface area contributed by atoms with Crippen molar-refractivity contribution in [3.05, 3.63) is 53.1 Å². The maximum Gasteiger partial charge on any atom is 0.407 e. The Morgan fingerprint density at radius 1 is 1.12 bits per heavy atom. The average molecular weight is 593 g/mol. The van der Waals surface area contributed by atoms with Crippen LogP contribution in [-0.4, -0.2) is 77.0 Å². The summed E-state index contributed by atoms with van der Waals surface area (Å²) in [6.07, 6.45) is -1.06. The number of aryl methyl sites for hydroxylation is 2. The van der Waals surface area contributed by atoms with Gasteiger partial charge in [-0.05, 0) is 71.8 Å². The standard InChI is InChI=1S/C26H32N6O6S.ClH/c1-16-12-19(31(3)4)13-17(2)24(16)39-25-28-30-32(29-25)15-22(33)21(14-23(34)35)27-26(36)38-11-10-18-6-8-20(37-5)9-7-18;/h6-9,12-13,21H,10-11,14-15H2,1-5H3,(H,27,36)(H,34,35);1H. The van der Waals surface area contributed by atoms with Crippen LogP contribution in [0.3, 0.4) is 0 Å². The van der Waals surface area contributed by atoms with Crippen molar-refractivity contribution in [2.24, 2.45) is 0 Å². The van der Waals surface area contributed by atoms with Crippen molar-refractivity contribution in [3.8, 4) is 5.75 Å². The van der Waals surface area contributed by atoms with Gasteiger partial charge in [-0.1, -0.05) is 12.1 Å². The number of carboxylic acid groups (broad SMARTS) is 1. The molecule has 0 aliphatic rings. The lowest BCUT2D eigenvalue weighted by atomic mass is 10.1. The van der Waals surface area contributed by atoms with Crippen molar-refractivity contribution < 1.29 is 29.0 Å². The van der Waals surface area contributed by atoms with E-state index in [1.54, 1.807) is 19.2 Å². The highest BCUT2D eigenvalue weighted by Gasteiger charge is 2.25. The van der Waals surface area contributed by atoms with E-state index in [0.717, 1.165) is 32.1 Å². The first-order chi connectivity index (χ1) is 18.5. The summed E-state index contributed by atoms with van der Waals surface area (Å²) in [6.45, 7) is 3.67. The first-order valence-corrected chi connectivity index (χ1v) is 12.9. The molecule has 2 N–H and O–H groups in total. The molecule has 1 unspecified atom stereocenters. The monoisotopic (exact) mass is 592 g/mol. The predicted molar refractivity (Wildman–Crippen MR) is 152 cm³/mol. The van der Waals surface area contributed by atoms with Gasteiger partial charge in [0.15, 0.2) is 5.78 Å². The van der Waals surface area contributed by atoms with Gasteiger partial charge in [-0.25, -0.2) is 4.79 Å². The normalized spacial score (nSPS) is 11.2. The van der Waals surface area contributed by atoms with Gasteiger partial charge in [0.1, 0.15) is 18.3 Å². The number of alkyl carbamates (subject to hydrolysis) is 1. The molecule has 0 aliphatic heterocycles. The quantitative estimate of drug-likeness (QED) is 0.301. The van der Waals surface area contributed by atoms with Crippen LogP contribution in [0.5, 0.6) is 5.75 Å². The van der Waals surface area contributed by atoms with Crippen LogP contribution in [0, 0.1) is 13.8 Å². The number of rotatable bonds is 13. The number of aromatic nitrogens is 4. The third-order valence-corrected chi connectivity index (χ3v) is 6.92. The number of carboxylic acids is 1. The molecule has 1 atom stereocenters. The minimum Gasteiger partial charge on any atom is -0.497 e. The number of halogens is 1. The first kappa shape index (κ1) is 32.4. The molecule has 1 aromatic heterocycles. The van der Waals surface area contributed by atoms with Gasteiger partial charge in [0.25, 0.3) is 0 Å². The molecule has 0 spiro atoms. The molecule has 0 saturated carbocycles. The second-order valence-electron chi connectivity index (χ2n) is 9.00. The largest absolute Gasteiger partial charge is 0.497 e. The van der Waals surface area contributed by atoms with Gasteiger partial charge in [0.05, 0.1) is 20.1 Å². The molecule has 0 saturated heterocycles. The Labute approximate surface area is 242 Å². The van der Waals surface area contributed by atoms with Crippen molar-refractivity contribution in [2.75, 3.05) is 32.7 Å². The number of hydrogen-bond donors (Lipinski definition) is 2. The van der Waals surface area contributed by atoms with E-state index < -0.39 is 30.3 Å². The van der Waals surface area contributed by atoms with Crippen molar-refractivity contribution >= 4 is 47.7 Å². The lowest BCUT2D eigenvalue weighted by Gasteiger charge is -2.16. The van der Waals surface area contributed by atoms with Gasteiger partial charge >= 0.3 is 12.1 Å². The Morgan fingerprint density at radius 2 is 1.77 bits per heavy atom. The molecule has 12 nitrogen and oxygen atoms in total. The summed E-state index contributed by atoms with van der Waals surface area (Å²) in [5, 5.41) is 24.1. The van der Waals surface area contributed by atoms with Crippen LogP contribution >= 0.6 is 24.2 Å². The van der Waals surface area contributed by atoms with Gasteiger partial charge in [-0.15, -0.1) is 22.6 Å². The third-order valence-electron chi connectivity index (χ3n) is 5.73. The second-order valence-corrected chi connectivity index (χ2v) is 9.98. The summed E-state index contributed by atoms with van der Waals surface area (Å²) in [6, 6.07) is 10.1. The van der Waals surface area contributed by atoms with E-state index in [1.165, 1.54) is 11.8 Å². The molecule has 0 fully saturated rings. The van der Waals surface area contributed by atoms with Crippen LogP contribution in [0.25, 0.3) is 0 Å². The number of nitrogens with one attached hydrogen (secondary N) is 1. The topological polar surface area (TPSA) is 149 Å². The molecule has 3 aromatic rings. The van der Waals surface area contributed by atoms with Crippen molar-refractivity contribution in [2.45, 2.75) is 49.3 Å². The fourth-order valence-electron chi connectivity index (χ4n) is 3.68. The van der Waals surface area contributed by atoms with Crippen LogP contribution < -0.4 is 15.0 Å².